The lowest BCUT2D eigenvalue weighted by atomic mass is 10.1. The van der Waals surface area contributed by atoms with Crippen molar-refractivity contribution in [3.8, 4) is 0 Å². The lowest BCUT2D eigenvalue weighted by Crippen LogP contribution is -2.30. The van der Waals surface area contributed by atoms with E-state index in [1.54, 1.807) is 0 Å². The molecule has 4 nitrogen and oxygen atoms in total. The molecule has 2 aromatic carbocycles. The van der Waals surface area contributed by atoms with Crippen LogP contribution in [0.1, 0.15) is 29.5 Å². The molecule has 1 aliphatic rings. The number of nitrogens with zero attached hydrogens (tertiary/aromatic N) is 2. The van der Waals surface area contributed by atoms with Gasteiger partial charge in [0.1, 0.15) is 0 Å². The van der Waals surface area contributed by atoms with Crippen LogP contribution in [0.2, 0.25) is 0 Å². The normalized spacial score (nSPS) is 14.1. The summed E-state index contributed by atoms with van der Waals surface area (Å²) < 4.78 is 0. The fourth-order valence-electron chi connectivity index (χ4n) is 3.46. The molecule has 0 spiro atoms. The molecule has 138 valence electrons. The van der Waals surface area contributed by atoms with Crippen LogP contribution in [0.25, 0.3) is 0 Å². The Morgan fingerprint density at radius 2 is 1.77 bits per heavy atom. The van der Waals surface area contributed by atoms with Crippen molar-refractivity contribution in [2.24, 2.45) is 0 Å². The summed E-state index contributed by atoms with van der Waals surface area (Å²) in [6.07, 6.45) is 2.54. The van der Waals surface area contributed by atoms with Gasteiger partial charge in [0, 0.05) is 31.0 Å². The van der Waals surface area contributed by atoms with Gasteiger partial charge in [0.25, 0.3) is 0 Å². The SMILES string of the molecule is Cc1ccc(CN(C)CC(=O)Nc2ccc(N3CCCC3)cc2C)cc1. The predicted molar refractivity (Wildman–Crippen MR) is 109 cm³/mol. The van der Waals surface area contributed by atoms with E-state index in [1.165, 1.54) is 29.7 Å². The van der Waals surface area contributed by atoms with E-state index in [0.29, 0.717) is 6.54 Å². The molecule has 1 N–H and O–H groups in total. The molecular formula is C22H29N3O. The van der Waals surface area contributed by atoms with Gasteiger partial charge in [-0.25, -0.2) is 0 Å². The smallest absolute Gasteiger partial charge is 0.238 e. The van der Waals surface area contributed by atoms with Crippen molar-refractivity contribution < 1.29 is 4.79 Å². The first-order valence-corrected chi connectivity index (χ1v) is 9.41. The minimum Gasteiger partial charge on any atom is -0.372 e. The van der Waals surface area contributed by atoms with Gasteiger partial charge >= 0.3 is 0 Å². The van der Waals surface area contributed by atoms with Crippen LogP contribution in [0.15, 0.2) is 42.5 Å². The molecule has 0 aliphatic carbocycles. The van der Waals surface area contributed by atoms with Crippen molar-refractivity contribution in [2.75, 3.05) is 36.9 Å². The number of carbonyl (C=O) groups is 1. The van der Waals surface area contributed by atoms with Gasteiger partial charge in [-0.05, 0) is 63.1 Å². The summed E-state index contributed by atoms with van der Waals surface area (Å²) in [4.78, 5) is 16.8. The maximum Gasteiger partial charge on any atom is 0.238 e. The second kappa shape index (κ2) is 8.37. The average Bonchev–Trinajstić information content (AvgIpc) is 3.13. The maximum atomic E-state index is 12.4. The second-order valence-electron chi connectivity index (χ2n) is 7.40. The summed E-state index contributed by atoms with van der Waals surface area (Å²) in [5, 5.41) is 3.05. The average molecular weight is 351 g/mol. The summed E-state index contributed by atoms with van der Waals surface area (Å²) in [5.74, 6) is 0.0247. The lowest BCUT2D eigenvalue weighted by Gasteiger charge is -2.20. The first-order valence-electron chi connectivity index (χ1n) is 9.41. The minimum absolute atomic E-state index is 0.0247. The zero-order chi connectivity index (χ0) is 18.5. The Bertz CT molecular complexity index is 748. The van der Waals surface area contributed by atoms with Crippen LogP contribution < -0.4 is 10.2 Å². The minimum atomic E-state index is 0.0247. The van der Waals surface area contributed by atoms with Gasteiger partial charge in [0.05, 0.1) is 6.54 Å². The van der Waals surface area contributed by atoms with Crippen LogP contribution in [0.4, 0.5) is 11.4 Å². The molecule has 0 atom stereocenters. The molecule has 1 amide bonds. The van der Waals surface area contributed by atoms with Crippen LogP contribution in [0.3, 0.4) is 0 Å². The standard InChI is InChI=1S/C22H29N3O/c1-17-6-8-19(9-7-17)15-24(3)16-22(26)23-21-11-10-20(14-18(21)2)25-12-4-5-13-25/h6-11,14H,4-5,12-13,15-16H2,1-3H3,(H,23,26). The molecule has 0 unspecified atom stereocenters. The molecule has 1 fully saturated rings. The number of amides is 1. The van der Waals surface area contributed by atoms with Gasteiger partial charge in [-0.15, -0.1) is 0 Å². The molecule has 0 radical (unpaired) electrons. The molecule has 0 aromatic heterocycles. The van der Waals surface area contributed by atoms with Crippen molar-refractivity contribution in [2.45, 2.75) is 33.2 Å². The van der Waals surface area contributed by atoms with Gasteiger partial charge in [0.2, 0.25) is 5.91 Å². The molecule has 1 aliphatic heterocycles. The molecule has 26 heavy (non-hydrogen) atoms. The summed E-state index contributed by atoms with van der Waals surface area (Å²) in [6.45, 7) is 7.55. The van der Waals surface area contributed by atoms with E-state index in [9.17, 15) is 4.79 Å². The quantitative estimate of drug-likeness (QED) is 0.855. The van der Waals surface area contributed by atoms with Gasteiger partial charge in [-0.2, -0.15) is 0 Å². The molecule has 2 aromatic rings. The highest BCUT2D eigenvalue weighted by atomic mass is 16.2. The first kappa shape index (κ1) is 18.5. The number of carbonyl (C=O) groups excluding carboxylic acids is 1. The molecular weight excluding hydrogens is 322 g/mol. The summed E-state index contributed by atoms with van der Waals surface area (Å²) in [5.41, 5.74) is 5.75. The number of likely N-dealkylation sites (N-methyl/N-ethyl adjacent to an activating group) is 1. The number of hydrogen-bond acceptors (Lipinski definition) is 3. The Kier molecular flexibility index (Phi) is 5.94. The fourth-order valence-corrected chi connectivity index (χ4v) is 3.46. The summed E-state index contributed by atoms with van der Waals surface area (Å²) >= 11 is 0. The largest absolute Gasteiger partial charge is 0.372 e. The monoisotopic (exact) mass is 351 g/mol. The van der Waals surface area contributed by atoms with Crippen molar-refractivity contribution in [3.05, 3.63) is 59.2 Å². The third-order valence-corrected chi connectivity index (χ3v) is 4.94. The van der Waals surface area contributed by atoms with Gasteiger partial charge < -0.3 is 10.2 Å². The van der Waals surface area contributed by atoms with E-state index in [2.05, 4.69) is 60.5 Å². The van der Waals surface area contributed by atoms with E-state index in [1.807, 2.05) is 18.0 Å². The number of rotatable bonds is 6. The summed E-state index contributed by atoms with van der Waals surface area (Å²) in [7, 11) is 1.97. The fraction of sp³-hybridized carbons (Fsp3) is 0.409. The maximum absolute atomic E-state index is 12.4. The second-order valence-corrected chi connectivity index (χ2v) is 7.40. The number of benzene rings is 2. The number of nitrogens with one attached hydrogen (secondary N) is 1. The molecule has 4 heteroatoms. The third kappa shape index (κ3) is 4.85. The third-order valence-electron chi connectivity index (χ3n) is 4.94. The molecule has 3 rings (SSSR count). The van der Waals surface area contributed by atoms with Crippen molar-refractivity contribution in [1.82, 2.24) is 4.90 Å². The Hall–Kier alpha value is -2.33. The van der Waals surface area contributed by atoms with Crippen molar-refractivity contribution in [1.29, 1.82) is 0 Å². The van der Waals surface area contributed by atoms with Crippen LogP contribution in [-0.4, -0.2) is 37.5 Å². The number of hydrogen-bond donors (Lipinski definition) is 1. The van der Waals surface area contributed by atoms with Gasteiger partial charge in [-0.1, -0.05) is 29.8 Å². The Morgan fingerprint density at radius 1 is 1.08 bits per heavy atom. The molecule has 0 saturated carbocycles. The van der Waals surface area contributed by atoms with Gasteiger partial charge in [-0.3, -0.25) is 9.69 Å². The highest BCUT2D eigenvalue weighted by molar-refractivity contribution is 5.93. The molecule has 1 saturated heterocycles. The predicted octanol–water partition coefficient (Wildman–Crippen LogP) is 3.97. The van der Waals surface area contributed by atoms with E-state index in [0.717, 1.165) is 30.9 Å². The van der Waals surface area contributed by atoms with Crippen LogP contribution in [0, 0.1) is 13.8 Å². The Morgan fingerprint density at radius 3 is 2.42 bits per heavy atom. The Labute approximate surface area is 156 Å². The number of aryl methyl sites for hydroxylation is 2. The lowest BCUT2D eigenvalue weighted by molar-refractivity contribution is -0.117. The van der Waals surface area contributed by atoms with E-state index in [-0.39, 0.29) is 5.91 Å². The summed E-state index contributed by atoms with van der Waals surface area (Å²) in [6, 6.07) is 14.8. The van der Waals surface area contributed by atoms with Crippen LogP contribution >= 0.6 is 0 Å². The van der Waals surface area contributed by atoms with Gasteiger partial charge in [0.15, 0.2) is 0 Å². The van der Waals surface area contributed by atoms with Crippen LogP contribution in [0.5, 0.6) is 0 Å². The Balaban J connectivity index is 1.54. The van der Waals surface area contributed by atoms with Crippen molar-refractivity contribution in [3.63, 3.8) is 0 Å². The van der Waals surface area contributed by atoms with E-state index in [4.69, 9.17) is 0 Å². The molecule has 1 heterocycles. The highest BCUT2D eigenvalue weighted by Gasteiger charge is 2.14. The molecule has 0 bridgehead atoms. The topological polar surface area (TPSA) is 35.6 Å². The zero-order valence-electron chi connectivity index (χ0n) is 16.1. The first-order chi connectivity index (χ1) is 12.5. The van der Waals surface area contributed by atoms with E-state index >= 15 is 0 Å². The van der Waals surface area contributed by atoms with Crippen molar-refractivity contribution >= 4 is 17.3 Å². The zero-order valence-corrected chi connectivity index (χ0v) is 16.1. The van der Waals surface area contributed by atoms with Crippen LogP contribution in [-0.2, 0) is 11.3 Å². The number of anilines is 2. The highest BCUT2D eigenvalue weighted by Crippen LogP contribution is 2.25. The van der Waals surface area contributed by atoms with E-state index < -0.39 is 0 Å².